The lowest BCUT2D eigenvalue weighted by molar-refractivity contribution is -0.384. The first-order valence-electron chi connectivity index (χ1n) is 8.53. The molecule has 2 aromatic carbocycles. The highest BCUT2D eigenvalue weighted by molar-refractivity contribution is 7.99. The lowest BCUT2D eigenvalue weighted by atomic mass is 10.1. The minimum atomic E-state index is -0.513. The van der Waals surface area contributed by atoms with Crippen molar-refractivity contribution in [3.8, 4) is 17.2 Å². The van der Waals surface area contributed by atoms with E-state index in [1.807, 2.05) is 0 Å². The maximum atomic E-state index is 12.3. The van der Waals surface area contributed by atoms with Gasteiger partial charge in [-0.1, -0.05) is 23.9 Å². The summed E-state index contributed by atoms with van der Waals surface area (Å²) in [4.78, 5) is 23.1. The largest absolute Gasteiger partial charge is 0.497 e. The van der Waals surface area contributed by atoms with Crippen LogP contribution in [0.15, 0.2) is 46.0 Å². The maximum Gasteiger partial charge on any atom is 0.293 e. The predicted octanol–water partition coefficient (Wildman–Crippen LogP) is 4.00. The summed E-state index contributed by atoms with van der Waals surface area (Å²) in [5, 5.41) is 22.0. The van der Waals surface area contributed by atoms with E-state index in [1.54, 1.807) is 51.3 Å². The second-order valence-corrected chi connectivity index (χ2v) is 7.10. The normalized spacial score (nSPS) is 10.6. The molecule has 0 atom stereocenters. The molecule has 0 saturated heterocycles. The van der Waals surface area contributed by atoms with Crippen molar-refractivity contribution in [3.05, 3.63) is 57.6 Å². The first-order valence-corrected chi connectivity index (χ1v) is 9.52. The van der Waals surface area contributed by atoms with Crippen molar-refractivity contribution < 1.29 is 18.9 Å². The summed E-state index contributed by atoms with van der Waals surface area (Å²) in [6.45, 7) is 3.47. The average Bonchev–Trinajstić information content (AvgIpc) is 3.17. The zero-order chi connectivity index (χ0) is 21.0. The van der Waals surface area contributed by atoms with Crippen molar-refractivity contribution in [1.29, 1.82) is 0 Å². The van der Waals surface area contributed by atoms with E-state index in [-0.39, 0.29) is 22.4 Å². The second kappa shape index (κ2) is 8.74. The zero-order valence-electron chi connectivity index (χ0n) is 16.0. The van der Waals surface area contributed by atoms with Crippen LogP contribution in [0.25, 0.3) is 11.5 Å². The summed E-state index contributed by atoms with van der Waals surface area (Å²) in [7, 11) is 1.56. The van der Waals surface area contributed by atoms with Gasteiger partial charge < -0.3 is 14.5 Å². The van der Waals surface area contributed by atoms with Gasteiger partial charge in [0.2, 0.25) is 11.8 Å². The number of amides is 1. The van der Waals surface area contributed by atoms with E-state index in [0.717, 1.165) is 17.3 Å². The van der Waals surface area contributed by atoms with Crippen LogP contribution in [0.2, 0.25) is 0 Å². The van der Waals surface area contributed by atoms with Crippen LogP contribution in [0.3, 0.4) is 0 Å². The van der Waals surface area contributed by atoms with Gasteiger partial charge in [-0.2, -0.15) is 0 Å². The van der Waals surface area contributed by atoms with Gasteiger partial charge >= 0.3 is 0 Å². The Kier molecular flexibility index (Phi) is 6.13. The van der Waals surface area contributed by atoms with Crippen molar-refractivity contribution in [2.45, 2.75) is 19.1 Å². The molecule has 0 aliphatic carbocycles. The third-order valence-corrected chi connectivity index (χ3v) is 4.79. The zero-order valence-corrected chi connectivity index (χ0v) is 16.8. The summed E-state index contributed by atoms with van der Waals surface area (Å²) in [6.07, 6.45) is 0. The van der Waals surface area contributed by atoms with Gasteiger partial charge in [-0.3, -0.25) is 14.9 Å². The molecule has 1 aromatic heterocycles. The van der Waals surface area contributed by atoms with E-state index in [2.05, 4.69) is 15.5 Å². The number of nitro benzene ring substituents is 1. The Morgan fingerprint density at radius 1 is 1.28 bits per heavy atom. The molecule has 3 aromatic rings. The van der Waals surface area contributed by atoms with Crippen LogP contribution in [0.5, 0.6) is 5.75 Å². The highest BCUT2D eigenvalue weighted by Gasteiger charge is 2.20. The fourth-order valence-electron chi connectivity index (χ4n) is 2.70. The van der Waals surface area contributed by atoms with Gasteiger partial charge in [0, 0.05) is 11.6 Å². The van der Waals surface area contributed by atoms with E-state index in [0.29, 0.717) is 22.8 Å². The molecule has 0 fully saturated rings. The van der Waals surface area contributed by atoms with Crippen LogP contribution < -0.4 is 10.1 Å². The maximum absolute atomic E-state index is 12.3. The molecular weight excluding hydrogens is 396 g/mol. The lowest BCUT2D eigenvalue weighted by Crippen LogP contribution is -2.16. The smallest absolute Gasteiger partial charge is 0.293 e. The number of nitro groups is 1. The SMILES string of the molecule is COc1cccc(-c2nnc(SCC(=O)Nc3c(C)cc(C)cc3[N+](=O)[O-])o2)c1. The standard InChI is InChI=1S/C19H18N4O5S/c1-11-7-12(2)17(15(8-11)23(25)26)20-16(24)10-29-19-22-21-18(28-19)13-5-4-6-14(9-13)27-3/h4-9H,10H2,1-3H3,(H,20,24). The fourth-order valence-corrected chi connectivity index (χ4v) is 3.26. The number of hydrogen-bond donors (Lipinski definition) is 1. The number of rotatable bonds is 7. The van der Waals surface area contributed by atoms with Crippen molar-refractivity contribution in [3.63, 3.8) is 0 Å². The third kappa shape index (κ3) is 4.91. The fraction of sp³-hybridized carbons (Fsp3) is 0.211. The van der Waals surface area contributed by atoms with Crippen LogP contribution in [-0.4, -0.2) is 33.9 Å². The molecule has 9 nitrogen and oxygen atoms in total. The molecule has 0 unspecified atom stereocenters. The highest BCUT2D eigenvalue weighted by Crippen LogP contribution is 2.30. The highest BCUT2D eigenvalue weighted by atomic mass is 32.2. The first-order chi connectivity index (χ1) is 13.9. The van der Waals surface area contributed by atoms with E-state index < -0.39 is 10.8 Å². The Labute approximate surface area is 170 Å². The van der Waals surface area contributed by atoms with Crippen LogP contribution in [0.1, 0.15) is 11.1 Å². The van der Waals surface area contributed by atoms with Crippen LogP contribution in [0.4, 0.5) is 11.4 Å². The van der Waals surface area contributed by atoms with E-state index >= 15 is 0 Å². The van der Waals surface area contributed by atoms with Crippen LogP contribution in [0, 0.1) is 24.0 Å². The van der Waals surface area contributed by atoms with Gasteiger partial charge in [0.15, 0.2) is 0 Å². The number of thioether (sulfide) groups is 1. The molecule has 0 aliphatic heterocycles. The summed E-state index contributed by atoms with van der Waals surface area (Å²) in [5.41, 5.74) is 2.11. The Balaban J connectivity index is 1.66. The second-order valence-electron chi connectivity index (χ2n) is 6.17. The minimum absolute atomic E-state index is 0.0375. The first kappa shape index (κ1) is 20.3. The summed E-state index contributed by atoms with van der Waals surface area (Å²) < 4.78 is 10.7. The van der Waals surface area contributed by atoms with Gasteiger partial charge in [-0.15, -0.1) is 10.2 Å². The summed E-state index contributed by atoms with van der Waals surface area (Å²) in [5.74, 6) is 0.511. The molecule has 1 amide bonds. The molecule has 0 bridgehead atoms. The number of aromatic nitrogens is 2. The van der Waals surface area contributed by atoms with Gasteiger partial charge in [0.05, 0.1) is 17.8 Å². The molecule has 0 saturated carbocycles. The van der Waals surface area contributed by atoms with Crippen molar-refractivity contribution in [1.82, 2.24) is 10.2 Å². The Hall–Kier alpha value is -3.40. The topological polar surface area (TPSA) is 120 Å². The number of hydrogen-bond acceptors (Lipinski definition) is 8. The summed E-state index contributed by atoms with van der Waals surface area (Å²) >= 11 is 1.04. The van der Waals surface area contributed by atoms with Gasteiger partial charge in [-0.05, 0) is 43.2 Å². The molecule has 1 N–H and O–H groups in total. The Bertz CT molecular complexity index is 1070. The molecular formula is C19H18N4O5S. The number of aryl methyl sites for hydroxylation is 2. The molecule has 0 spiro atoms. The molecule has 3 rings (SSSR count). The number of nitrogens with zero attached hydrogens (tertiary/aromatic N) is 3. The van der Waals surface area contributed by atoms with Crippen molar-refractivity contribution in [2.75, 3.05) is 18.2 Å². The van der Waals surface area contributed by atoms with Gasteiger partial charge in [0.25, 0.3) is 10.9 Å². The predicted molar refractivity (Wildman–Crippen MR) is 108 cm³/mol. The molecule has 150 valence electrons. The van der Waals surface area contributed by atoms with Gasteiger partial charge in [0.1, 0.15) is 11.4 Å². The molecule has 0 aliphatic rings. The average molecular weight is 414 g/mol. The number of methoxy groups -OCH3 is 1. The summed E-state index contributed by atoms with van der Waals surface area (Å²) in [6, 6.07) is 10.4. The van der Waals surface area contributed by atoms with E-state index in [9.17, 15) is 14.9 Å². The number of carbonyl (C=O) groups is 1. The minimum Gasteiger partial charge on any atom is -0.497 e. The van der Waals surface area contributed by atoms with E-state index in [4.69, 9.17) is 9.15 Å². The monoisotopic (exact) mass is 414 g/mol. The number of carbonyl (C=O) groups excluding carboxylic acids is 1. The quantitative estimate of drug-likeness (QED) is 0.350. The van der Waals surface area contributed by atoms with Gasteiger partial charge in [-0.25, -0.2) is 0 Å². The number of anilines is 1. The molecule has 0 radical (unpaired) electrons. The van der Waals surface area contributed by atoms with Crippen LogP contribution in [-0.2, 0) is 4.79 Å². The van der Waals surface area contributed by atoms with Crippen molar-refractivity contribution in [2.24, 2.45) is 0 Å². The lowest BCUT2D eigenvalue weighted by Gasteiger charge is -2.09. The Morgan fingerprint density at radius 3 is 2.79 bits per heavy atom. The van der Waals surface area contributed by atoms with E-state index in [1.165, 1.54) is 6.07 Å². The molecule has 1 heterocycles. The molecule has 29 heavy (non-hydrogen) atoms. The number of ether oxygens (including phenoxy) is 1. The number of benzene rings is 2. The van der Waals surface area contributed by atoms with Crippen LogP contribution >= 0.6 is 11.8 Å². The van der Waals surface area contributed by atoms with Crippen molar-refractivity contribution >= 4 is 29.0 Å². The Morgan fingerprint density at radius 2 is 2.07 bits per heavy atom. The molecule has 10 heteroatoms. The third-order valence-electron chi connectivity index (χ3n) is 3.97. The number of nitrogens with one attached hydrogen (secondary N) is 1.